The van der Waals surface area contributed by atoms with E-state index in [2.05, 4.69) is 5.73 Å². The van der Waals surface area contributed by atoms with Crippen LogP contribution in [-0.2, 0) is 0 Å². The number of hydrogen-bond donors (Lipinski definition) is 3. The van der Waals surface area contributed by atoms with E-state index >= 15 is 0 Å². The van der Waals surface area contributed by atoms with E-state index < -0.39 is 0 Å². The Morgan fingerprint density at radius 3 is 2.57 bits per heavy atom. The van der Waals surface area contributed by atoms with E-state index in [9.17, 15) is 0 Å². The van der Waals surface area contributed by atoms with Crippen LogP contribution in [0, 0.1) is 0 Å². The van der Waals surface area contributed by atoms with Gasteiger partial charge in [0, 0.05) is 0 Å². The summed E-state index contributed by atoms with van der Waals surface area (Å²) >= 11 is 1.44. The lowest BCUT2D eigenvalue weighted by molar-refractivity contribution is -0.360. The summed E-state index contributed by atoms with van der Waals surface area (Å²) in [4.78, 5) is 0. The topological polar surface area (TPSA) is 79.2 Å². The molecule has 4 heteroatoms. The van der Waals surface area contributed by atoms with Gasteiger partial charge in [-0.25, -0.2) is 0 Å². The first kappa shape index (κ1) is 6.78. The summed E-state index contributed by atoms with van der Waals surface area (Å²) in [5.41, 5.74) is 8.72. The summed E-state index contributed by atoms with van der Waals surface area (Å²) < 4.78 is 0. The van der Waals surface area contributed by atoms with Gasteiger partial charge in [-0.15, -0.1) is 0 Å². The third kappa shape index (κ3) is 5.78. The van der Waals surface area contributed by atoms with E-state index in [1.807, 2.05) is 0 Å². The fourth-order valence-corrected chi connectivity index (χ4v) is 0.570. The molecule has 0 bridgehead atoms. The molecule has 7 heavy (non-hydrogen) atoms. The normalized spacial score (nSPS) is 8.71. The Morgan fingerprint density at radius 1 is 1.86 bits per heavy atom. The van der Waals surface area contributed by atoms with Gasteiger partial charge in [0.25, 0.3) is 5.17 Å². The molecule has 0 aromatic heterocycles. The van der Waals surface area contributed by atoms with Gasteiger partial charge in [-0.05, 0) is 11.8 Å². The largest absolute Gasteiger partial charge is 0.357 e. The SMILES string of the molecule is NC(=[NH2+])SCC[NH3+]. The van der Waals surface area contributed by atoms with Crippen LogP contribution in [0.4, 0.5) is 0 Å². The van der Waals surface area contributed by atoms with Crippen molar-refractivity contribution in [2.45, 2.75) is 0 Å². The van der Waals surface area contributed by atoms with Crippen LogP contribution in [0.25, 0.3) is 0 Å². The Bertz CT molecular complexity index is 63.2. The van der Waals surface area contributed by atoms with Gasteiger partial charge in [0.05, 0.1) is 12.3 Å². The fraction of sp³-hybridized carbons (Fsp3) is 0.667. The quantitative estimate of drug-likeness (QED) is 0.269. The van der Waals surface area contributed by atoms with Crippen molar-refractivity contribution >= 4 is 16.9 Å². The molecule has 0 radical (unpaired) electrons. The zero-order chi connectivity index (χ0) is 5.70. The second kappa shape index (κ2) is 3.95. The van der Waals surface area contributed by atoms with Crippen molar-refractivity contribution in [3.63, 3.8) is 0 Å². The number of nitrogens with two attached hydrogens (primary N) is 2. The van der Waals surface area contributed by atoms with Crippen LogP contribution in [0.2, 0.25) is 0 Å². The van der Waals surface area contributed by atoms with Crippen molar-refractivity contribution in [1.82, 2.24) is 0 Å². The molecule has 0 unspecified atom stereocenters. The second-order valence-electron chi connectivity index (χ2n) is 1.10. The number of amidine groups is 1. The lowest BCUT2D eigenvalue weighted by atomic mass is 10.8. The molecule has 3 nitrogen and oxygen atoms in total. The zero-order valence-electron chi connectivity index (χ0n) is 4.18. The minimum absolute atomic E-state index is 0.434. The summed E-state index contributed by atoms with van der Waals surface area (Å²) in [6.45, 7) is 0.878. The van der Waals surface area contributed by atoms with Crippen molar-refractivity contribution in [2.75, 3.05) is 12.3 Å². The molecule has 0 amide bonds. The summed E-state index contributed by atoms with van der Waals surface area (Å²) in [5, 5.41) is 5.54. The molecule has 0 fully saturated rings. The predicted octanol–water partition coefficient (Wildman–Crippen LogP) is -2.96. The van der Waals surface area contributed by atoms with Crippen LogP contribution in [-0.4, -0.2) is 17.5 Å². The maximum Gasteiger partial charge on any atom is 0.299 e. The molecule has 0 aliphatic rings. The Hall–Kier alpha value is -0.220. The van der Waals surface area contributed by atoms with Crippen LogP contribution in [0.5, 0.6) is 0 Å². The average molecular weight is 121 g/mol. The molecular formula is C3H11N3S+2. The van der Waals surface area contributed by atoms with Crippen LogP contribution in [0.15, 0.2) is 0 Å². The molecule has 0 aromatic rings. The van der Waals surface area contributed by atoms with E-state index in [4.69, 9.17) is 11.1 Å². The lowest BCUT2D eigenvalue weighted by Crippen LogP contribution is -2.52. The maximum absolute atomic E-state index is 5.11. The summed E-state index contributed by atoms with van der Waals surface area (Å²) in [6.07, 6.45) is 0. The van der Waals surface area contributed by atoms with Gasteiger partial charge in [-0.3, -0.25) is 11.1 Å². The van der Waals surface area contributed by atoms with Gasteiger partial charge in [0.2, 0.25) is 0 Å². The first-order valence-electron chi connectivity index (χ1n) is 2.07. The van der Waals surface area contributed by atoms with Crippen LogP contribution in [0.3, 0.4) is 0 Å². The molecular weight excluding hydrogens is 110 g/mol. The smallest absolute Gasteiger partial charge is 0.299 e. The Labute approximate surface area is 47.0 Å². The molecule has 0 heterocycles. The van der Waals surface area contributed by atoms with Crippen LogP contribution in [0.1, 0.15) is 0 Å². The van der Waals surface area contributed by atoms with Crippen LogP contribution >= 0.6 is 11.8 Å². The minimum Gasteiger partial charge on any atom is -0.357 e. The van der Waals surface area contributed by atoms with Crippen molar-refractivity contribution in [3.05, 3.63) is 0 Å². The maximum atomic E-state index is 5.11. The van der Waals surface area contributed by atoms with Gasteiger partial charge in [0.15, 0.2) is 0 Å². The highest BCUT2D eigenvalue weighted by molar-refractivity contribution is 8.13. The molecule has 0 spiro atoms. The number of quaternary nitrogens is 1. The Kier molecular flexibility index (Phi) is 3.83. The Morgan fingerprint density at radius 2 is 2.43 bits per heavy atom. The van der Waals surface area contributed by atoms with Crippen molar-refractivity contribution in [2.24, 2.45) is 5.73 Å². The van der Waals surface area contributed by atoms with Gasteiger partial charge in [-0.1, -0.05) is 0 Å². The fourth-order valence-electron chi connectivity index (χ4n) is 0.190. The van der Waals surface area contributed by atoms with E-state index in [0.717, 1.165) is 12.3 Å². The first-order chi connectivity index (χ1) is 3.27. The molecule has 0 saturated heterocycles. The van der Waals surface area contributed by atoms with E-state index in [0.29, 0.717) is 5.17 Å². The standard InChI is InChI=1S/C3H9N3S/c4-1-2-7-3(5)6/h1-2,4H2,(H3,5,6)/p+2. The third-order valence-corrected chi connectivity index (χ3v) is 1.24. The van der Waals surface area contributed by atoms with Crippen LogP contribution < -0.4 is 16.9 Å². The number of thioether (sulfide) groups is 1. The highest BCUT2D eigenvalue weighted by atomic mass is 32.2. The molecule has 0 aliphatic carbocycles. The van der Waals surface area contributed by atoms with E-state index in [1.165, 1.54) is 11.8 Å². The number of rotatable bonds is 2. The van der Waals surface area contributed by atoms with Gasteiger partial charge in [-0.2, -0.15) is 0 Å². The molecule has 0 rings (SSSR count). The van der Waals surface area contributed by atoms with Crippen molar-refractivity contribution < 1.29 is 11.1 Å². The molecule has 0 saturated carbocycles. The molecule has 0 aromatic carbocycles. The molecule has 0 atom stereocenters. The third-order valence-electron chi connectivity index (χ3n) is 0.413. The first-order valence-corrected chi connectivity index (χ1v) is 3.06. The summed E-state index contributed by atoms with van der Waals surface area (Å²) in [6, 6.07) is 0. The molecule has 42 valence electrons. The summed E-state index contributed by atoms with van der Waals surface area (Å²) in [7, 11) is 0. The monoisotopic (exact) mass is 121 g/mol. The van der Waals surface area contributed by atoms with Gasteiger partial charge < -0.3 is 5.73 Å². The Balaban J connectivity index is 2.82. The molecule has 0 aliphatic heterocycles. The van der Waals surface area contributed by atoms with E-state index in [-0.39, 0.29) is 0 Å². The highest BCUT2D eigenvalue weighted by Crippen LogP contribution is 1.89. The summed E-state index contributed by atoms with van der Waals surface area (Å²) in [5.74, 6) is 0.919. The van der Waals surface area contributed by atoms with Gasteiger partial charge in [0.1, 0.15) is 0 Å². The van der Waals surface area contributed by atoms with E-state index in [1.54, 1.807) is 0 Å². The average Bonchev–Trinajstić information content (AvgIpc) is 1.61. The van der Waals surface area contributed by atoms with Crippen molar-refractivity contribution in [1.29, 1.82) is 0 Å². The zero-order valence-corrected chi connectivity index (χ0v) is 5.00. The number of hydrogen-bond acceptors (Lipinski definition) is 1. The highest BCUT2D eigenvalue weighted by Gasteiger charge is 1.92. The minimum atomic E-state index is 0.434. The lowest BCUT2D eigenvalue weighted by Gasteiger charge is -1.83. The second-order valence-corrected chi connectivity index (χ2v) is 2.27. The van der Waals surface area contributed by atoms with Crippen molar-refractivity contribution in [3.8, 4) is 0 Å². The predicted molar refractivity (Wildman–Crippen MR) is 31.3 cm³/mol. The molecule has 7 N–H and O–H groups in total. The van der Waals surface area contributed by atoms with Gasteiger partial charge >= 0.3 is 0 Å².